The van der Waals surface area contributed by atoms with Crippen molar-refractivity contribution >= 4 is 33.3 Å². The van der Waals surface area contributed by atoms with E-state index < -0.39 is 0 Å². The van der Waals surface area contributed by atoms with Crippen molar-refractivity contribution in [3.63, 3.8) is 0 Å². The van der Waals surface area contributed by atoms with Gasteiger partial charge in [-0.25, -0.2) is 9.97 Å². The maximum atomic E-state index is 13.2. The van der Waals surface area contributed by atoms with Crippen molar-refractivity contribution in [2.75, 3.05) is 18.0 Å². The van der Waals surface area contributed by atoms with Crippen molar-refractivity contribution in [1.82, 2.24) is 14.9 Å². The molecule has 2 bridgehead atoms. The van der Waals surface area contributed by atoms with Gasteiger partial charge < -0.3 is 9.80 Å². The molecule has 0 N–H and O–H groups in total. The van der Waals surface area contributed by atoms with Crippen molar-refractivity contribution in [1.29, 1.82) is 5.26 Å². The van der Waals surface area contributed by atoms with Crippen LogP contribution in [-0.4, -0.2) is 45.9 Å². The quantitative estimate of drug-likeness (QED) is 0.609. The number of rotatable bonds is 4. The number of nitriles is 1. The maximum Gasteiger partial charge on any atom is 0.225 e. The monoisotopic (exact) mass is 443 g/mol. The number of benzene rings is 1. The average Bonchev–Trinajstić information content (AvgIpc) is 3.38. The normalized spacial score (nSPS) is 26.7. The van der Waals surface area contributed by atoms with Gasteiger partial charge in [-0.1, -0.05) is 12.1 Å². The summed E-state index contributed by atoms with van der Waals surface area (Å²) in [7, 11) is 0. The number of thiazole rings is 1. The lowest BCUT2D eigenvalue weighted by molar-refractivity contribution is -0.141. The first-order chi connectivity index (χ1) is 15.7. The zero-order chi connectivity index (χ0) is 21.7. The predicted octanol–water partition coefficient (Wildman–Crippen LogP) is 4.01. The van der Waals surface area contributed by atoms with Gasteiger partial charge in [-0.3, -0.25) is 4.79 Å². The molecular formula is C25H25N5OS. The summed E-state index contributed by atoms with van der Waals surface area (Å²) in [5, 5.41) is 9.02. The Hall–Kier alpha value is -2.98. The molecule has 0 radical (unpaired) electrons. The Kier molecular flexibility index (Phi) is 4.83. The molecule has 0 spiro atoms. The molecule has 3 aromatic rings. The van der Waals surface area contributed by atoms with E-state index in [9.17, 15) is 4.79 Å². The van der Waals surface area contributed by atoms with E-state index in [0.29, 0.717) is 29.5 Å². The van der Waals surface area contributed by atoms with Crippen molar-refractivity contribution in [3.05, 3.63) is 53.2 Å². The molecule has 2 saturated heterocycles. The second-order valence-corrected chi connectivity index (χ2v) is 10.3. The molecule has 1 saturated carbocycles. The molecule has 6 nitrogen and oxygen atoms in total. The van der Waals surface area contributed by atoms with Gasteiger partial charge in [-0.15, -0.1) is 11.3 Å². The third-order valence-corrected chi connectivity index (χ3v) is 8.38. The lowest BCUT2D eigenvalue weighted by Crippen LogP contribution is -2.57. The molecule has 6 rings (SSSR count). The lowest BCUT2D eigenvalue weighted by Gasteiger charge is -2.45. The molecule has 7 heteroatoms. The standard InChI is InChI=1S/C25H25N5OS/c26-11-16-4-7-23(27-12-16)30-20-5-6-21(30)14-29(13-20)25(31)19-9-17(10-19)8-18-2-1-3-22-24(18)32-15-28-22/h1-4,7,12,15,17,19-21H,5-6,8-10,13-14H2. The molecule has 1 aliphatic carbocycles. The first-order valence-corrected chi connectivity index (χ1v) is 12.3. The van der Waals surface area contributed by atoms with Crippen LogP contribution in [0.3, 0.4) is 0 Å². The number of hydrogen-bond acceptors (Lipinski definition) is 6. The molecule has 162 valence electrons. The summed E-state index contributed by atoms with van der Waals surface area (Å²) in [5.41, 5.74) is 4.97. The highest BCUT2D eigenvalue weighted by atomic mass is 32.1. The van der Waals surface area contributed by atoms with Gasteiger partial charge in [-0.05, 0) is 61.8 Å². The van der Waals surface area contributed by atoms with E-state index in [4.69, 9.17) is 5.26 Å². The molecule has 3 fully saturated rings. The Morgan fingerprint density at radius 3 is 2.66 bits per heavy atom. The fourth-order valence-corrected chi connectivity index (χ4v) is 6.66. The average molecular weight is 444 g/mol. The van der Waals surface area contributed by atoms with Gasteiger partial charge in [-0.2, -0.15) is 5.26 Å². The topological polar surface area (TPSA) is 73.1 Å². The first kappa shape index (κ1) is 19.7. The Morgan fingerprint density at radius 2 is 1.94 bits per heavy atom. The van der Waals surface area contributed by atoms with E-state index in [1.54, 1.807) is 17.5 Å². The minimum Gasteiger partial charge on any atom is -0.347 e. The fraction of sp³-hybridized carbons (Fsp3) is 0.440. The van der Waals surface area contributed by atoms with Crippen LogP contribution in [-0.2, 0) is 11.2 Å². The molecule has 2 atom stereocenters. The zero-order valence-electron chi connectivity index (χ0n) is 17.9. The van der Waals surface area contributed by atoms with Gasteiger partial charge in [0, 0.05) is 37.3 Å². The molecule has 4 heterocycles. The highest BCUT2D eigenvalue weighted by Gasteiger charge is 2.45. The van der Waals surface area contributed by atoms with E-state index in [2.05, 4.69) is 44.0 Å². The molecular weight excluding hydrogens is 418 g/mol. The van der Waals surface area contributed by atoms with Crippen LogP contribution in [0.1, 0.15) is 36.8 Å². The zero-order valence-corrected chi connectivity index (χ0v) is 18.7. The second kappa shape index (κ2) is 7.86. The number of pyridine rings is 1. The van der Waals surface area contributed by atoms with Crippen molar-refractivity contribution in [2.45, 2.75) is 44.2 Å². The van der Waals surface area contributed by atoms with Crippen molar-refractivity contribution in [3.8, 4) is 6.07 Å². The number of anilines is 1. The molecule has 3 aliphatic rings. The van der Waals surface area contributed by atoms with Crippen LogP contribution in [0.15, 0.2) is 42.0 Å². The minimum atomic E-state index is 0.180. The van der Waals surface area contributed by atoms with Crippen LogP contribution in [0.5, 0.6) is 0 Å². The number of fused-ring (bicyclic) bond motifs is 3. The minimum absolute atomic E-state index is 0.180. The SMILES string of the molecule is N#Cc1ccc(N2C3CCC2CN(C(=O)C2CC(Cc4cccc5ncsc45)C2)C3)nc1. The number of nitrogens with zero attached hydrogens (tertiary/aromatic N) is 5. The summed E-state index contributed by atoms with van der Waals surface area (Å²) in [4.78, 5) is 26.7. The third kappa shape index (κ3) is 3.34. The van der Waals surface area contributed by atoms with E-state index >= 15 is 0 Å². The fourth-order valence-electron chi connectivity index (χ4n) is 5.84. The summed E-state index contributed by atoms with van der Waals surface area (Å²) >= 11 is 1.72. The number of amides is 1. The van der Waals surface area contributed by atoms with Crippen molar-refractivity contribution in [2.24, 2.45) is 11.8 Å². The number of piperazine rings is 1. The summed E-state index contributed by atoms with van der Waals surface area (Å²) in [5.74, 6) is 2.06. The summed E-state index contributed by atoms with van der Waals surface area (Å²) in [6, 6.07) is 13.0. The number of carbonyl (C=O) groups excluding carboxylic acids is 1. The number of carbonyl (C=O) groups is 1. The van der Waals surface area contributed by atoms with Gasteiger partial charge in [0.15, 0.2) is 0 Å². The first-order valence-electron chi connectivity index (χ1n) is 11.4. The summed E-state index contributed by atoms with van der Waals surface area (Å²) in [6.45, 7) is 1.58. The Morgan fingerprint density at radius 1 is 1.12 bits per heavy atom. The molecule has 1 aromatic carbocycles. The number of aromatic nitrogens is 2. The summed E-state index contributed by atoms with van der Waals surface area (Å²) in [6.07, 6.45) is 6.90. The van der Waals surface area contributed by atoms with Crippen LogP contribution in [0.2, 0.25) is 0 Å². The molecule has 32 heavy (non-hydrogen) atoms. The van der Waals surface area contributed by atoms with Gasteiger partial charge in [0.2, 0.25) is 5.91 Å². The maximum absolute atomic E-state index is 13.2. The van der Waals surface area contributed by atoms with E-state index in [-0.39, 0.29) is 5.92 Å². The number of likely N-dealkylation sites (tertiary alicyclic amines) is 1. The van der Waals surface area contributed by atoms with Gasteiger partial charge in [0.05, 0.1) is 21.3 Å². The second-order valence-electron chi connectivity index (χ2n) is 9.41. The summed E-state index contributed by atoms with van der Waals surface area (Å²) < 4.78 is 1.30. The van der Waals surface area contributed by atoms with Crippen LogP contribution < -0.4 is 4.90 Å². The smallest absolute Gasteiger partial charge is 0.225 e. The Labute approximate surface area is 191 Å². The molecule has 2 aromatic heterocycles. The van der Waals surface area contributed by atoms with Gasteiger partial charge >= 0.3 is 0 Å². The van der Waals surface area contributed by atoms with Crippen LogP contribution in [0.25, 0.3) is 10.2 Å². The van der Waals surface area contributed by atoms with Crippen molar-refractivity contribution < 1.29 is 4.79 Å². The highest BCUT2D eigenvalue weighted by Crippen LogP contribution is 2.41. The van der Waals surface area contributed by atoms with Gasteiger partial charge in [0.1, 0.15) is 11.9 Å². The van der Waals surface area contributed by atoms with Crippen LogP contribution in [0, 0.1) is 23.2 Å². The third-order valence-electron chi connectivity index (χ3n) is 7.47. The lowest BCUT2D eigenvalue weighted by atomic mass is 9.71. The van der Waals surface area contributed by atoms with Crippen LogP contribution >= 0.6 is 11.3 Å². The van der Waals surface area contributed by atoms with E-state index in [0.717, 1.165) is 56.5 Å². The Bertz CT molecular complexity index is 1180. The molecule has 2 unspecified atom stereocenters. The van der Waals surface area contributed by atoms with E-state index in [1.165, 1.54) is 10.3 Å². The Balaban J connectivity index is 1.07. The largest absolute Gasteiger partial charge is 0.347 e. The molecule has 2 aliphatic heterocycles. The highest BCUT2D eigenvalue weighted by molar-refractivity contribution is 7.16. The molecule has 1 amide bonds. The predicted molar refractivity (Wildman–Crippen MR) is 124 cm³/mol. The number of hydrogen-bond donors (Lipinski definition) is 0. The van der Waals surface area contributed by atoms with Crippen LogP contribution in [0.4, 0.5) is 5.82 Å². The van der Waals surface area contributed by atoms with E-state index in [1.807, 2.05) is 17.6 Å². The van der Waals surface area contributed by atoms with Gasteiger partial charge in [0.25, 0.3) is 0 Å².